The molecule has 1 aromatic heterocycles. The molecule has 0 saturated heterocycles. The van der Waals surface area contributed by atoms with E-state index in [4.69, 9.17) is 5.73 Å². The third-order valence-corrected chi connectivity index (χ3v) is 4.26. The quantitative estimate of drug-likeness (QED) is 0.929. The van der Waals surface area contributed by atoms with Gasteiger partial charge in [0.15, 0.2) is 0 Å². The van der Waals surface area contributed by atoms with Crippen molar-refractivity contribution in [2.75, 3.05) is 7.05 Å². The molecule has 3 heteroatoms. The van der Waals surface area contributed by atoms with Crippen molar-refractivity contribution in [1.82, 2.24) is 9.88 Å². The lowest BCUT2D eigenvalue weighted by molar-refractivity contribution is 0.184. The SMILES string of the molecule is CN(Cc1cccnc1)C1CCc2ccccc2C1N. The fraction of sp³-hybridized carbons (Fsp3) is 0.353. The number of benzene rings is 1. The first kappa shape index (κ1) is 13.3. The van der Waals surface area contributed by atoms with Crippen molar-refractivity contribution in [2.24, 2.45) is 5.73 Å². The van der Waals surface area contributed by atoms with E-state index < -0.39 is 0 Å². The Morgan fingerprint density at radius 1 is 1.25 bits per heavy atom. The first-order valence-corrected chi connectivity index (χ1v) is 7.18. The van der Waals surface area contributed by atoms with Crippen LogP contribution < -0.4 is 5.73 Å². The minimum atomic E-state index is 0.0987. The molecule has 2 aromatic rings. The molecule has 0 spiro atoms. The summed E-state index contributed by atoms with van der Waals surface area (Å²) in [5.41, 5.74) is 10.4. The number of hydrogen-bond acceptors (Lipinski definition) is 3. The van der Waals surface area contributed by atoms with E-state index in [9.17, 15) is 0 Å². The Morgan fingerprint density at radius 3 is 2.90 bits per heavy atom. The van der Waals surface area contributed by atoms with Gasteiger partial charge in [-0.15, -0.1) is 0 Å². The van der Waals surface area contributed by atoms with E-state index in [1.54, 1.807) is 0 Å². The molecule has 1 aromatic carbocycles. The van der Waals surface area contributed by atoms with E-state index in [0.29, 0.717) is 6.04 Å². The van der Waals surface area contributed by atoms with Crippen molar-refractivity contribution in [2.45, 2.75) is 31.5 Å². The number of nitrogens with zero attached hydrogens (tertiary/aromatic N) is 2. The molecular weight excluding hydrogens is 246 g/mol. The molecule has 0 fully saturated rings. The molecule has 1 aliphatic rings. The minimum absolute atomic E-state index is 0.0987. The molecule has 0 amide bonds. The molecule has 2 atom stereocenters. The van der Waals surface area contributed by atoms with Gasteiger partial charge in [-0.1, -0.05) is 30.3 Å². The predicted octanol–water partition coefficient (Wildman–Crippen LogP) is 2.53. The van der Waals surface area contributed by atoms with Crippen LogP contribution >= 0.6 is 0 Å². The van der Waals surface area contributed by atoms with Gasteiger partial charge < -0.3 is 5.73 Å². The van der Waals surface area contributed by atoms with Gasteiger partial charge in [-0.3, -0.25) is 9.88 Å². The first-order chi connectivity index (χ1) is 9.75. The number of hydrogen-bond donors (Lipinski definition) is 1. The lowest BCUT2D eigenvalue weighted by atomic mass is 9.84. The van der Waals surface area contributed by atoms with Gasteiger partial charge in [0, 0.05) is 31.0 Å². The first-order valence-electron chi connectivity index (χ1n) is 7.18. The maximum atomic E-state index is 6.49. The molecule has 20 heavy (non-hydrogen) atoms. The van der Waals surface area contributed by atoms with Gasteiger partial charge in [-0.2, -0.15) is 0 Å². The Hall–Kier alpha value is -1.71. The van der Waals surface area contributed by atoms with Gasteiger partial charge in [0.1, 0.15) is 0 Å². The van der Waals surface area contributed by atoms with Gasteiger partial charge in [-0.05, 0) is 42.6 Å². The molecule has 0 aliphatic heterocycles. The minimum Gasteiger partial charge on any atom is -0.323 e. The monoisotopic (exact) mass is 267 g/mol. The van der Waals surface area contributed by atoms with E-state index in [1.165, 1.54) is 16.7 Å². The Kier molecular flexibility index (Phi) is 3.81. The van der Waals surface area contributed by atoms with Crippen LogP contribution in [-0.2, 0) is 13.0 Å². The smallest absolute Gasteiger partial charge is 0.0455 e. The molecule has 3 nitrogen and oxygen atoms in total. The van der Waals surface area contributed by atoms with E-state index in [2.05, 4.69) is 47.3 Å². The van der Waals surface area contributed by atoms with Crippen LogP contribution in [0.2, 0.25) is 0 Å². The van der Waals surface area contributed by atoms with Crippen molar-refractivity contribution in [3.05, 3.63) is 65.5 Å². The second-order valence-electron chi connectivity index (χ2n) is 5.61. The second-order valence-corrected chi connectivity index (χ2v) is 5.61. The summed E-state index contributed by atoms with van der Waals surface area (Å²) in [6.07, 6.45) is 5.98. The summed E-state index contributed by atoms with van der Waals surface area (Å²) in [5.74, 6) is 0. The van der Waals surface area contributed by atoms with E-state index in [-0.39, 0.29) is 6.04 Å². The number of aromatic nitrogens is 1. The van der Waals surface area contributed by atoms with Crippen molar-refractivity contribution in [3.8, 4) is 0 Å². The topological polar surface area (TPSA) is 42.2 Å². The summed E-state index contributed by atoms with van der Waals surface area (Å²) < 4.78 is 0. The fourth-order valence-electron chi connectivity index (χ4n) is 3.17. The van der Waals surface area contributed by atoms with Crippen LogP contribution in [-0.4, -0.2) is 23.0 Å². The Labute approximate surface area is 120 Å². The molecule has 3 rings (SSSR count). The van der Waals surface area contributed by atoms with Crippen LogP contribution in [0.5, 0.6) is 0 Å². The highest BCUT2D eigenvalue weighted by molar-refractivity contribution is 5.33. The summed E-state index contributed by atoms with van der Waals surface area (Å²) >= 11 is 0. The molecule has 0 bridgehead atoms. The molecule has 1 aliphatic carbocycles. The number of likely N-dealkylation sites (N-methyl/N-ethyl adjacent to an activating group) is 1. The number of aryl methyl sites for hydroxylation is 1. The summed E-state index contributed by atoms with van der Waals surface area (Å²) in [6, 6.07) is 13.2. The van der Waals surface area contributed by atoms with Crippen LogP contribution in [0.25, 0.3) is 0 Å². The highest BCUT2D eigenvalue weighted by Gasteiger charge is 2.29. The third kappa shape index (κ3) is 2.60. The van der Waals surface area contributed by atoms with Crippen molar-refractivity contribution in [3.63, 3.8) is 0 Å². The lowest BCUT2D eigenvalue weighted by Crippen LogP contribution is -2.43. The molecular formula is C17H21N3. The summed E-state index contributed by atoms with van der Waals surface area (Å²) in [6.45, 7) is 0.897. The van der Waals surface area contributed by atoms with Crippen LogP contribution in [0.4, 0.5) is 0 Å². The Morgan fingerprint density at radius 2 is 2.10 bits per heavy atom. The second kappa shape index (κ2) is 5.73. The highest BCUT2D eigenvalue weighted by atomic mass is 15.1. The maximum Gasteiger partial charge on any atom is 0.0455 e. The normalized spacial score (nSPS) is 21.8. The highest BCUT2D eigenvalue weighted by Crippen LogP contribution is 2.31. The largest absolute Gasteiger partial charge is 0.323 e. The molecule has 2 N–H and O–H groups in total. The zero-order valence-corrected chi connectivity index (χ0v) is 11.9. The van der Waals surface area contributed by atoms with Gasteiger partial charge >= 0.3 is 0 Å². The Balaban J connectivity index is 1.75. The fourth-order valence-corrected chi connectivity index (χ4v) is 3.17. The number of pyridine rings is 1. The van der Waals surface area contributed by atoms with Crippen molar-refractivity contribution in [1.29, 1.82) is 0 Å². The summed E-state index contributed by atoms with van der Waals surface area (Å²) in [7, 11) is 2.16. The molecule has 1 heterocycles. The van der Waals surface area contributed by atoms with Gasteiger partial charge in [0.2, 0.25) is 0 Å². The van der Waals surface area contributed by atoms with Gasteiger partial charge in [0.05, 0.1) is 0 Å². The maximum absolute atomic E-state index is 6.49. The zero-order valence-electron chi connectivity index (χ0n) is 11.9. The van der Waals surface area contributed by atoms with E-state index >= 15 is 0 Å². The van der Waals surface area contributed by atoms with Gasteiger partial charge in [0.25, 0.3) is 0 Å². The van der Waals surface area contributed by atoms with Crippen LogP contribution in [0.3, 0.4) is 0 Å². The molecule has 2 unspecified atom stereocenters. The summed E-state index contributed by atoms with van der Waals surface area (Å²) in [5, 5.41) is 0. The van der Waals surface area contributed by atoms with Crippen LogP contribution in [0.1, 0.15) is 29.2 Å². The number of nitrogens with two attached hydrogens (primary N) is 1. The molecule has 0 saturated carbocycles. The lowest BCUT2D eigenvalue weighted by Gasteiger charge is -2.37. The Bertz CT molecular complexity index is 567. The summed E-state index contributed by atoms with van der Waals surface area (Å²) in [4.78, 5) is 6.54. The average Bonchev–Trinajstić information content (AvgIpc) is 2.49. The zero-order chi connectivity index (χ0) is 13.9. The predicted molar refractivity (Wildman–Crippen MR) is 81.2 cm³/mol. The van der Waals surface area contributed by atoms with Crippen molar-refractivity contribution >= 4 is 0 Å². The standard InChI is InChI=1S/C17H21N3/c1-20(12-13-5-4-10-19-11-13)16-9-8-14-6-2-3-7-15(14)17(16)18/h2-7,10-11,16-17H,8-9,12,18H2,1H3. The van der Waals surface area contributed by atoms with Crippen LogP contribution in [0.15, 0.2) is 48.8 Å². The average molecular weight is 267 g/mol. The van der Waals surface area contributed by atoms with Gasteiger partial charge in [-0.25, -0.2) is 0 Å². The number of fused-ring (bicyclic) bond motifs is 1. The molecule has 0 radical (unpaired) electrons. The number of rotatable bonds is 3. The van der Waals surface area contributed by atoms with E-state index in [0.717, 1.165) is 19.4 Å². The third-order valence-electron chi connectivity index (χ3n) is 4.26. The van der Waals surface area contributed by atoms with Crippen molar-refractivity contribution < 1.29 is 0 Å². The van der Waals surface area contributed by atoms with E-state index in [1.807, 2.05) is 18.5 Å². The molecule has 104 valence electrons. The van der Waals surface area contributed by atoms with Crippen LogP contribution in [0, 0.1) is 0 Å².